The molecule has 6 heteroatoms. The van der Waals surface area contributed by atoms with Gasteiger partial charge in [-0.15, -0.1) is 24.8 Å². The molecule has 0 radical (unpaired) electrons. The van der Waals surface area contributed by atoms with Crippen molar-refractivity contribution in [2.24, 2.45) is 17.4 Å². The first-order chi connectivity index (χ1) is 6.20. The summed E-state index contributed by atoms with van der Waals surface area (Å²) in [6.07, 6.45) is 2.50. The minimum Gasteiger partial charge on any atom is -0.381 e. The van der Waals surface area contributed by atoms with Gasteiger partial charge < -0.3 is 16.2 Å². The molecule has 0 bridgehead atoms. The third-order valence-corrected chi connectivity index (χ3v) is 2.64. The molecular weight excluding hydrogens is 242 g/mol. The third kappa shape index (κ3) is 5.88. The molecule has 1 rings (SSSR count). The van der Waals surface area contributed by atoms with Gasteiger partial charge >= 0.3 is 0 Å². The number of ether oxygens (including phenoxy) is 1. The Kier molecular flexibility index (Phi) is 10.1. The van der Waals surface area contributed by atoms with E-state index in [0.29, 0.717) is 18.9 Å². The molecule has 1 unspecified atom stereocenters. The monoisotopic (exact) mass is 262 g/mol. The number of hydrogen-bond acceptors (Lipinski definition) is 3. The van der Waals surface area contributed by atoms with Gasteiger partial charge in [-0.3, -0.25) is 0 Å². The van der Waals surface area contributed by atoms with Crippen LogP contribution in [0.25, 0.3) is 0 Å². The van der Waals surface area contributed by atoms with Crippen LogP contribution in [0.3, 0.4) is 0 Å². The fraction of sp³-hybridized carbons (Fsp3) is 1.00. The van der Waals surface area contributed by atoms with Gasteiger partial charge in [0.05, 0.1) is 0 Å². The average Bonchev–Trinajstić information content (AvgIpc) is 2.19. The van der Waals surface area contributed by atoms with Crippen molar-refractivity contribution in [1.82, 2.24) is 0 Å². The van der Waals surface area contributed by atoms with Crippen molar-refractivity contribution in [3.63, 3.8) is 0 Å². The normalized spacial score (nSPS) is 21.4. The quantitative estimate of drug-likeness (QED) is 0.803. The average molecular weight is 263 g/mol. The van der Waals surface area contributed by atoms with Crippen molar-refractivity contribution in [2.75, 3.05) is 26.3 Å². The van der Waals surface area contributed by atoms with Gasteiger partial charge in [0, 0.05) is 26.3 Å². The highest BCUT2D eigenvalue weighted by molar-refractivity contribution is 5.85. The van der Waals surface area contributed by atoms with E-state index < -0.39 is 5.67 Å². The van der Waals surface area contributed by atoms with Crippen LogP contribution < -0.4 is 11.5 Å². The van der Waals surface area contributed by atoms with Crippen LogP contribution >= 0.6 is 24.8 Å². The van der Waals surface area contributed by atoms with E-state index >= 15 is 0 Å². The van der Waals surface area contributed by atoms with Crippen LogP contribution in [-0.4, -0.2) is 32.0 Å². The minimum atomic E-state index is -1.38. The molecule has 4 N–H and O–H groups in total. The predicted octanol–water partition coefficient (Wildman–Crippen LogP) is 1.27. The molecule has 0 aromatic rings. The summed E-state index contributed by atoms with van der Waals surface area (Å²) < 4.78 is 19.0. The molecule has 0 amide bonds. The molecule has 0 aromatic heterocycles. The zero-order chi connectivity index (χ0) is 9.73. The lowest BCUT2D eigenvalue weighted by molar-refractivity contribution is 0.0245. The second kappa shape index (κ2) is 8.53. The second-order valence-corrected chi connectivity index (χ2v) is 3.85. The zero-order valence-electron chi connectivity index (χ0n) is 8.78. The first kappa shape index (κ1) is 17.8. The summed E-state index contributed by atoms with van der Waals surface area (Å²) in [7, 11) is 0. The smallest absolute Gasteiger partial charge is 0.135 e. The zero-order valence-corrected chi connectivity index (χ0v) is 10.4. The van der Waals surface area contributed by atoms with Crippen LogP contribution in [-0.2, 0) is 4.74 Å². The molecular formula is C9H21Cl2FN2O. The number of nitrogens with two attached hydrogens (primary N) is 2. The molecule has 0 aliphatic carbocycles. The Balaban J connectivity index is 0. The van der Waals surface area contributed by atoms with Crippen molar-refractivity contribution in [2.45, 2.75) is 24.9 Å². The Hall–Kier alpha value is 0.390. The largest absolute Gasteiger partial charge is 0.381 e. The summed E-state index contributed by atoms with van der Waals surface area (Å²) in [5, 5.41) is 0. The van der Waals surface area contributed by atoms with Crippen LogP contribution in [0.5, 0.6) is 0 Å². The standard InChI is InChI=1S/C9H19FN2O.2ClH/c10-9(6-11,7-12)4-8-2-1-3-13-5-8;;/h8H,1-7,11-12H2;2*1H. The minimum absolute atomic E-state index is 0. The fourth-order valence-corrected chi connectivity index (χ4v) is 1.74. The molecule has 1 saturated heterocycles. The van der Waals surface area contributed by atoms with Gasteiger partial charge in [0.15, 0.2) is 0 Å². The first-order valence-electron chi connectivity index (χ1n) is 4.87. The Bertz CT molecular complexity index is 153. The maximum absolute atomic E-state index is 13.7. The van der Waals surface area contributed by atoms with Crippen LogP contribution in [0, 0.1) is 5.92 Å². The van der Waals surface area contributed by atoms with Crippen LogP contribution in [0.15, 0.2) is 0 Å². The molecule has 1 heterocycles. The lowest BCUT2D eigenvalue weighted by Crippen LogP contribution is -2.43. The van der Waals surface area contributed by atoms with Gasteiger partial charge in [-0.2, -0.15) is 0 Å². The molecule has 1 aliphatic rings. The Morgan fingerprint density at radius 3 is 2.27 bits per heavy atom. The van der Waals surface area contributed by atoms with E-state index in [1.54, 1.807) is 0 Å². The number of rotatable bonds is 4. The Morgan fingerprint density at radius 2 is 1.87 bits per heavy atom. The van der Waals surface area contributed by atoms with Gasteiger partial charge in [0.1, 0.15) is 5.67 Å². The summed E-state index contributed by atoms with van der Waals surface area (Å²) >= 11 is 0. The summed E-state index contributed by atoms with van der Waals surface area (Å²) in [5.41, 5.74) is 9.29. The van der Waals surface area contributed by atoms with Gasteiger partial charge in [-0.25, -0.2) is 4.39 Å². The molecule has 94 valence electrons. The van der Waals surface area contributed by atoms with Crippen molar-refractivity contribution >= 4 is 24.8 Å². The molecule has 0 aromatic carbocycles. The molecule has 3 nitrogen and oxygen atoms in total. The van der Waals surface area contributed by atoms with Crippen molar-refractivity contribution < 1.29 is 9.13 Å². The molecule has 1 fully saturated rings. The molecule has 1 aliphatic heterocycles. The Labute approximate surface area is 103 Å². The summed E-state index contributed by atoms with van der Waals surface area (Å²) in [6, 6.07) is 0. The van der Waals surface area contributed by atoms with E-state index in [4.69, 9.17) is 16.2 Å². The predicted molar refractivity (Wildman–Crippen MR) is 64.6 cm³/mol. The van der Waals surface area contributed by atoms with E-state index in [2.05, 4.69) is 0 Å². The van der Waals surface area contributed by atoms with Gasteiger partial charge in [-0.1, -0.05) is 0 Å². The summed E-state index contributed by atoms with van der Waals surface area (Å²) in [5.74, 6) is 0.297. The fourth-order valence-electron chi connectivity index (χ4n) is 1.74. The van der Waals surface area contributed by atoms with Crippen molar-refractivity contribution in [3.8, 4) is 0 Å². The van der Waals surface area contributed by atoms with Gasteiger partial charge in [0.25, 0.3) is 0 Å². The van der Waals surface area contributed by atoms with E-state index in [0.717, 1.165) is 19.4 Å². The van der Waals surface area contributed by atoms with Crippen molar-refractivity contribution in [3.05, 3.63) is 0 Å². The van der Waals surface area contributed by atoms with Gasteiger partial charge in [0.2, 0.25) is 0 Å². The molecule has 0 saturated carbocycles. The van der Waals surface area contributed by atoms with E-state index in [-0.39, 0.29) is 37.9 Å². The number of alkyl halides is 1. The summed E-state index contributed by atoms with van der Waals surface area (Å²) in [6.45, 7) is 1.49. The number of halogens is 3. The maximum atomic E-state index is 13.7. The third-order valence-electron chi connectivity index (χ3n) is 2.64. The first-order valence-corrected chi connectivity index (χ1v) is 4.87. The molecule has 15 heavy (non-hydrogen) atoms. The van der Waals surface area contributed by atoms with Gasteiger partial charge in [-0.05, 0) is 25.2 Å². The summed E-state index contributed by atoms with van der Waals surface area (Å²) in [4.78, 5) is 0. The highest BCUT2D eigenvalue weighted by atomic mass is 35.5. The highest BCUT2D eigenvalue weighted by Gasteiger charge is 2.30. The number of hydrogen-bond donors (Lipinski definition) is 2. The maximum Gasteiger partial charge on any atom is 0.135 e. The van der Waals surface area contributed by atoms with E-state index in [9.17, 15) is 4.39 Å². The molecule has 0 spiro atoms. The molecule has 1 atom stereocenters. The lowest BCUT2D eigenvalue weighted by atomic mass is 9.88. The topological polar surface area (TPSA) is 61.3 Å². The highest BCUT2D eigenvalue weighted by Crippen LogP contribution is 2.25. The van der Waals surface area contributed by atoms with Crippen LogP contribution in [0.4, 0.5) is 4.39 Å². The second-order valence-electron chi connectivity index (χ2n) is 3.85. The van der Waals surface area contributed by atoms with E-state index in [1.165, 1.54) is 0 Å². The Morgan fingerprint density at radius 1 is 1.27 bits per heavy atom. The van der Waals surface area contributed by atoms with Crippen LogP contribution in [0.2, 0.25) is 0 Å². The van der Waals surface area contributed by atoms with Crippen molar-refractivity contribution in [1.29, 1.82) is 0 Å². The van der Waals surface area contributed by atoms with E-state index in [1.807, 2.05) is 0 Å². The SMILES string of the molecule is Cl.Cl.NCC(F)(CN)CC1CCCOC1. The van der Waals surface area contributed by atoms with Crippen LogP contribution in [0.1, 0.15) is 19.3 Å². The lowest BCUT2D eigenvalue weighted by Gasteiger charge is -2.29.